The number of benzene rings is 1. The minimum absolute atomic E-state index is 0.0331. The monoisotopic (exact) mass is 189 g/mol. The van der Waals surface area contributed by atoms with Gasteiger partial charge in [-0.2, -0.15) is 0 Å². The molecule has 2 atom stereocenters. The van der Waals surface area contributed by atoms with E-state index in [1.54, 1.807) is 0 Å². The highest BCUT2D eigenvalue weighted by atomic mass is 14.8. The predicted octanol–water partition coefficient (Wildman–Crippen LogP) is 1.51. The van der Waals surface area contributed by atoms with Crippen LogP contribution in [-0.2, 0) is 0 Å². The van der Waals surface area contributed by atoms with Crippen molar-refractivity contribution in [3.63, 3.8) is 0 Å². The van der Waals surface area contributed by atoms with E-state index in [4.69, 9.17) is 11.5 Å². The van der Waals surface area contributed by atoms with Crippen LogP contribution < -0.4 is 11.5 Å². The summed E-state index contributed by atoms with van der Waals surface area (Å²) in [5.74, 6) is 0. The highest BCUT2D eigenvalue weighted by molar-refractivity contribution is 5.83. The summed E-state index contributed by atoms with van der Waals surface area (Å²) in [6.45, 7) is 1.92. The van der Waals surface area contributed by atoms with Crippen molar-refractivity contribution in [1.82, 2.24) is 4.98 Å². The Kier molecular flexibility index (Phi) is 2.27. The maximum absolute atomic E-state index is 6.00. The Balaban J connectivity index is 2.53. The zero-order valence-corrected chi connectivity index (χ0v) is 8.20. The number of nitrogens with two attached hydrogens (primary N) is 2. The summed E-state index contributed by atoms with van der Waals surface area (Å²) in [7, 11) is 0. The van der Waals surface area contributed by atoms with E-state index >= 15 is 0 Å². The van der Waals surface area contributed by atoms with Gasteiger partial charge in [-0.3, -0.25) is 0 Å². The second kappa shape index (κ2) is 3.44. The van der Waals surface area contributed by atoms with Crippen LogP contribution in [0.2, 0.25) is 0 Å². The van der Waals surface area contributed by atoms with Crippen molar-refractivity contribution in [2.75, 3.05) is 0 Å². The van der Waals surface area contributed by atoms with Gasteiger partial charge in [0.15, 0.2) is 0 Å². The lowest BCUT2D eigenvalue weighted by Crippen LogP contribution is -2.30. The van der Waals surface area contributed by atoms with Crippen molar-refractivity contribution < 1.29 is 0 Å². The SMILES string of the molecule is CC(N)C(N)c1c[nH]c2ccccc12. The molecule has 0 aliphatic heterocycles. The van der Waals surface area contributed by atoms with Crippen LogP contribution in [0.15, 0.2) is 30.5 Å². The molecule has 1 aromatic carbocycles. The average molecular weight is 189 g/mol. The van der Waals surface area contributed by atoms with Crippen LogP contribution in [0.4, 0.5) is 0 Å². The van der Waals surface area contributed by atoms with Crippen LogP contribution in [0, 0.1) is 0 Å². The Labute approximate surface area is 83.1 Å². The fraction of sp³-hybridized carbons (Fsp3) is 0.273. The number of H-pyrrole nitrogens is 1. The average Bonchev–Trinajstić information content (AvgIpc) is 2.60. The second-order valence-corrected chi connectivity index (χ2v) is 3.67. The largest absolute Gasteiger partial charge is 0.361 e. The van der Waals surface area contributed by atoms with Gasteiger partial charge in [0.1, 0.15) is 0 Å². The summed E-state index contributed by atoms with van der Waals surface area (Å²) in [5, 5.41) is 1.16. The zero-order valence-electron chi connectivity index (χ0n) is 8.20. The van der Waals surface area contributed by atoms with Crippen molar-refractivity contribution in [1.29, 1.82) is 0 Å². The number of aromatic nitrogens is 1. The molecule has 5 N–H and O–H groups in total. The van der Waals surface area contributed by atoms with Crippen LogP contribution in [0.3, 0.4) is 0 Å². The van der Waals surface area contributed by atoms with Crippen molar-refractivity contribution in [3.8, 4) is 0 Å². The van der Waals surface area contributed by atoms with Gasteiger partial charge in [0.05, 0.1) is 0 Å². The number of rotatable bonds is 2. The van der Waals surface area contributed by atoms with Gasteiger partial charge < -0.3 is 16.5 Å². The number of aromatic amines is 1. The molecule has 14 heavy (non-hydrogen) atoms. The first kappa shape index (κ1) is 9.24. The molecule has 0 fully saturated rings. The van der Waals surface area contributed by atoms with Crippen molar-refractivity contribution >= 4 is 10.9 Å². The van der Waals surface area contributed by atoms with E-state index in [2.05, 4.69) is 11.1 Å². The normalized spacial score (nSPS) is 15.6. The van der Waals surface area contributed by atoms with E-state index in [1.165, 1.54) is 0 Å². The van der Waals surface area contributed by atoms with Gasteiger partial charge in [-0.05, 0) is 18.6 Å². The number of fused-ring (bicyclic) bond motifs is 1. The van der Waals surface area contributed by atoms with E-state index in [0.29, 0.717) is 0 Å². The van der Waals surface area contributed by atoms with Crippen LogP contribution in [0.1, 0.15) is 18.5 Å². The van der Waals surface area contributed by atoms with Crippen LogP contribution in [0.25, 0.3) is 10.9 Å². The molecule has 74 valence electrons. The lowest BCUT2D eigenvalue weighted by molar-refractivity contribution is 0.592. The summed E-state index contributed by atoms with van der Waals surface area (Å²) < 4.78 is 0. The Morgan fingerprint density at radius 1 is 1.21 bits per heavy atom. The molecule has 3 nitrogen and oxygen atoms in total. The van der Waals surface area contributed by atoms with E-state index in [-0.39, 0.29) is 12.1 Å². The molecule has 1 heterocycles. The molecule has 0 amide bonds. The summed E-state index contributed by atoms with van der Waals surface area (Å²) in [5.41, 5.74) is 14.0. The van der Waals surface area contributed by atoms with Crippen molar-refractivity contribution in [2.24, 2.45) is 11.5 Å². The lowest BCUT2D eigenvalue weighted by atomic mass is 10.0. The molecule has 2 rings (SSSR count). The first-order valence-corrected chi connectivity index (χ1v) is 4.77. The second-order valence-electron chi connectivity index (χ2n) is 3.67. The number of nitrogens with one attached hydrogen (secondary N) is 1. The molecule has 0 spiro atoms. The Hall–Kier alpha value is -1.32. The van der Waals surface area contributed by atoms with E-state index in [1.807, 2.05) is 31.3 Å². The molecule has 0 aliphatic carbocycles. The molecule has 1 aromatic heterocycles. The number of hydrogen-bond acceptors (Lipinski definition) is 2. The summed E-state index contributed by atoms with van der Waals surface area (Å²) in [4.78, 5) is 3.19. The van der Waals surface area contributed by atoms with Gasteiger partial charge in [-0.15, -0.1) is 0 Å². The maximum atomic E-state index is 6.00. The minimum atomic E-state index is -0.105. The molecule has 0 bridgehead atoms. The number of hydrogen-bond donors (Lipinski definition) is 3. The highest BCUT2D eigenvalue weighted by Gasteiger charge is 2.14. The van der Waals surface area contributed by atoms with Gasteiger partial charge in [-0.25, -0.2) is 0 Å². The highest BCUT2D eigenvalue weighted by Crippen LogP contribution is 2.23. The molecule has 3 heteroatoms. The van der Waals surface area contributed by atoms with E-state index < -0.39 is 0 Å². The van der Waals surface area contributed by atoms with Gasteiger partial charge >= 0.3 is 0 Å². The number of para-hydroxylation sites is 1. The van der Waals surface area contributed by atoms with Crippen molar-refractivity contribution in [3.05, 3.63) is 36.0 Å². The van der Waals surface area contributed by atoms with Crippen molar-refractivity contribution in [2.45, 2.75) is 19.0 Å². The minimum Gasteiger partial charge on any atom is -0.361 e. The smallest absolute Gasteiger partial charge is 0.0467 e. The van der Waals surface area contributed by atoms with Crippen LogP contribution in [-0.4, -0.2) is 11.0 Å². The summed E-state index contributed by atoms with van der Waals surface area (Å²) >= 11 is 0. The van der Waals surface area contributed by atoms with Crippen LogP contribution >= 0.6 is 0 Å². The first-order chi connectivity index (χ1) is 6.70. The molecule has 0 saturated carbocycles. The molecule has 0 aliphatic rings. The molecule has 0 saturated heterocycles. The van der Waals surface area contributed by atoms with Gasteiger partial charge in [0.25, 0.3) is 0 Å². The molecular formula is C11H15N3. The molecule has 2 aromatic rings. The first-order valence-electron chi connectivity index (χ1n) is 4.77. The van der Waals surface area contributed by atoms with Gasteiger partial charge in [-0.1, -0.05) is 18.2 Å². The fourth-order valence-corrected chi connectivity index (χ4v) is 1.65. The summed E-state index contributed by atoms with van der Waals surface area (Å²) in [6.07, 6.45) is 1.94. The zero-order chi connectivity index (χ0) is 10.1. The van der Waals surface area contributed by atoms with E-state index in [0.717, 1.165) is 16.5 Å². The Morgan fingerprint density at radius 3 is 2.64 bits per heavy atom. The third-order valence-electron chi connectivity index (χ3n) is 2.55. The topological polar surface area (TPSA) is 67.8 Å². The maximum Gasteiger partial charge on any atom is 0.0467 e. The summed E-state index contributed by atoms with van der Waals surface area (Å²) in [6, 6.07) is 7.96. The van der Waals surface area contributed by atoms with Gasteiger partial charge in [0, 0.05) is 29.2 Å². The third-order valence-corrected chi connectivity index (χ3v) is 2.55. The molecule has 0 radical (unpaired) electrons. The Bertz CT molecular complexity index is 431. The molecular weight excluding hydrogens is 174 g/mol. The predicted molar refractivity (Wildman–Crippen MR) is 58.9 cm³/mol. The van der Waals surface area contributed by atoms with Crippen LogP contribution in [0.5, 0.6) is 0 Å². The Morgan fingerprint density at radius 2 is 1.93 bits per heavy atom. The van der Waals surface area contributed by atoms with Gasteiger partial charge in [0.2, 0.25) is 0 Å². The standard InChI is InChI=1S/C11H15N3/c1-7(12)11(13)9-6-14-10-5-3-2-4-8(9)10/h2-7,11,14H,12-13H2,1H3. The fourth-order valence-electron chi connectivity index (χ4n) is 1.65. The quantitative estimate of drug-likeness (QED) is 0.670. The molecule has 2 unspecified atom stereocenters. The lowest BCUT2D eigenvalue weighted by Gasteiger charge is -2.14. The third kappa shape index (κ3) is 1.41. The van der Waals surface area contributed by atoms with E-state index in [9.17, 15) is 0 Å².